The van der Waals surface area contributed by atoms with Crippen LogP contribution in [0, 0.1) is 0 Å². The Morgan fingerprint density at radius 3 is 2.89 bits per heavy atom. The van der Waals surface area contributed by atoms with Gasteiger partial charge in [-0.05, 0) is 30.7 Å². The van der Waals surface area contributed by atoms with Crippen LogP contribution >= 0.6 is 11.8 Å². The number of para-hydroxylation sites is 1. The average Bonchev–Trinajstić information content (AvgIpc) is 3.40. The molecule has 0 saturated carbocycles. The highest BCUT2D eigenvalue weighted by Gasteiger charge is 2.14. The van der Waals surface area contributed by atoms with E-state index in [-0.39, 0.29) is 5.56 Å². The van der Waals surface area contributed by atoms with Gasteiger partial charge in [0.15, 0.2) is 10.9 Å². The summed E-state index contributed by atoms with van der Waals surface area (Å²) in [5.74, 6) is 1.73. The zero-order valence-electron chi connectivity index (χ0n) is 15.3. The van der Waals surface area contributed by atoms with Gasteiger partial charge in [0.05, 0.1) is 22.9 Å². The summed E-state index contributed by atoms with van der Waals surface area (Å²) < 4.78 is 17.5. The number of hydrogen-bond donors (Lipinski definition) is 0. The van der Waals surface area contributed by atoms with E-state index in [2.05, 4.69) is 5.16 Å². The summed E-state index contributed by atoms with van der Waals surface area (Å²) in [6, 6.07) is 12.8. The maximum Gasteiger partial charge on any atom is 0.262 e. The van der Waals surface area contributed by atoms with Crippen molar-refractivity contribution in [2.24, 2.45) is 0 Å². The summed E-state index contributed by atoms with van der Waals surface area (Å²) in [5.41, 5.74) is 1.40. The van der Waals surface area contributed by atoms with E-state index in [1.807, 2.05) is 30.3 Å². The van der Waals surface area contributed by atoms with Crippen LogP contribution in [0.2, 0.25) is 0 Å². The number of hydrogen-bond acceptors (Lipinski definition) is 7. The summed E-state index contributed by atoms with van der Waals surface area (Å²) in [4.78, 5) is 17.6. The molecule has 3 aromatic heterocycles. The molecule has 0 unspecified atom stereocenters. The fraction of sp³-hybridized carbons (Fsp3) is 0.250. The number of thioether (sulfide) groups is 1. The summed E-state index contributed by atoms with van der Waals surface area (Å²) in [6.45, 7) is 1.13. The fourth-order valence-corrected chi connectivity index (χ4v) is 3.78. The lowest BCUT2D eigenvalue weighted by atomic mass is 10.2. The molecule has 7 nitrogen and oxygen atoms in total. The first-order valence-corrected chi connectivity index (χ1v) is 9.85. The zero-order chi connectivity index (χ0) is 19.3. The Labute approximate surface area is 165 Å². The molecule has 0 aliphatic carbocycles. The number of furan rings is 1. The number of benzene rings is 1. The van der Waals surface area contributed by atoms with Crippen LogP contribution in [0.25, 0.3) is 22.4 Å². The normalized spacial score (nSPS) is 11.3. The molecule has 0 aliphatic rings. The van der Waals surface area contributed by atoms with Crippen LogP contribution in [-0.4, -0.2) is 28.4 Å². The first kappa shape index (κ1) is 18.5. The standard InChI is InChI=1S/C20H19N3O4S/c1-25-10-5-9-23-19(24)15-6-2-3-7-16(15)21-20(23)28-13-14-12-18(27-22-14)17-8-4-11-26-17/h2-4,6-8,11-12H,5,9-10,13H2,1H3. The molecule has 0 N–H and O–H groups in total. The number of fused-ring (bicyclic) bond motifs is 1. The Hall–Kier alpha value is -2.84. The van der Waals surface area contributed by atoms with Crippen LogP contribution in [0.15, 0.2) is 67.6 Å². The van der Waals surface area contributed by atoms with E-state index < -0.39 is 0 Å². The molecule has 0 spiro atoms. The van der Waals surface area contributed by atoms with Crippen molar-refractivity contribution in [2.75, 3.05) is 13.7 Å². The summed E-state index contributed by atoms with van der Waals surface area (Å²) in [7, 11) is 1.65. The third-order valence-corrected chi connectivity index (χ3v) is 5.24. The topological polar surface area (TPSA) is 83.3 Å². The molecule has 3 heterocycles. The first-order valence-electron chi connectivity index (χ1n) is 8.87. The third kappa shape index (κ3) is 3.88. The molecule has 0 radical (unpaired) electrons. The predicted molar refractivity (Wildman–Crippen MR) is 106 cm³/mol. The molecular weight excluding hydrogens is 378 g/mol. The number of nitrogens with zero attached hydrogens (tertiary/aromatic N) is 3. The molecule has 4 aromatic rings. The Morgan fingerprint density at radius 2 is 2.07 bits per heavy atom. The van der Waals surface area contributed by atoms with Gasteiger partial charge in [-0.1, -0.05) is 29.1 Å². The van der Waals surface area contributed by atoms with Gasteiger partial charge in [-0.25, -0.2) is 4.98 Å². The first-order chi connectivity index (χ1) is 13.8. The van der Waals surface area contributed by atoms with Crippen LogP contribution in [0.3, 0.4) is 0 Å². The molecule has 8 heteroatoms. The van der Waals surface area contributed by atoms with E-state index in [0.717, 1.165) is 12.1 Å². The van der Waals surface area contributed by atoms with E-state index in [1.165, 1.54) is 11.8 Å². The maximum absolute atomic E-state index is 12.9. The van der Waals surface area contributed by atoms with Crippen molar-refractivity contribution in [3.8, 4) is 11.5 Å². The van der Waals surface area contributed by atoms with Crippen LogP contribution in [-0.2, 0) is 17.0 Å². The van der Waals surface area contributed by atoms with Gasteiger partial charge in [0.2, 0.25) is 5.76 Å². The largest absolute Gasteiger partial charge is 0.461 e. The van der Waals surface area contributed by atoms with Crippen LogP contribution in [0.1, 0.15) is 12.1 Å². The molecule has 1 aromatic carbocycles. The van der Waals surface area contributed by atoms with Gasteiger partial charge < -0.3 is 13.7 Å². The lowest BCUT2D eigenvalue weighted by Crippen LogP contribution is -2.24. The highest BCUT2D eigenvalue weighted by Crippen LogP contribution is 2.25. The third-order valence-electron chi connectivity index (χ3n) is 4.23. The lowest BCUT2D eigenvalue weighted by Gasteiger charge is -2.12. The second kappa shape index (κ2) is 8.45. The Balaban J connectivity index is 1.60. The molecule has 0 aliphatic heterocycles. The van der Waals surface area contributed by atoms with E-state index in [0.29, 0.717) is 46.5 Å². The smallest absolute Gasteiger partial charge is 0.262 e. The SMILES string of the molecule is COCCCn1c(SCc2cc(-c3ccco3)on2)nc2ccccc2c1=O. The lowest BCUT2D eigenvalue weighted by molar-refractivity contribution is 0.189. The van der Waals surface area contributed by atoms with E-state index in [4.69, 9.17) is 18.7 Å². The Morgan fingerprint density at radius 1 is 1.18 bits per heavy atom. The minimum Gasteiger partial charge on any atom is -0.461 e. The van der Waals surface area contributed by atoms with E-state index >= 15 is 0 Å². The van der Waals surface area contributed by atoms with Crippen molar-refractivity contribution < 1.29 is 13.7 Å². The van der Waals surface area contributed by atoms with Crippen molar-refractivity contribution in [2.45, 2.75) is 23.9 Å². The number of rotatable bonds is 8. The van der Waals surface area contributed by atoms with Crippen molar-refractivity contribution in [3.05, 3.63) is 64.8 Å². The second-order valence-electron chi connectivity index (χ2n) is 6.16. The van der Waals surface area contributed by atoms with Gasteiger partial charge in [0, 0.05) is 32.1 Å². The molecule has 144 valence electrons. The summed E-state index contributed by atoms with van der Waals surface area (Å²) in [5, 5.41) is 5.36. The van der Waals surface area contributed by atoms with Crippen molar-refractivity contribution in [3.63, 3.8) is 0 Å². The van der Waals surface area contributed by atoms with Crippen molar-refractivity contribution in [1.29, 1.82) is 0 Å². The van der Waals surface area contributed by atoms with Crippen LogP contribution in [0.4, 0.5) is 0 Å². The second-order valence-corrected chi connectivity index (χ2v) is 7.11. The highest BCUT2D eigenvalue weighted by molar-refractivity contribution is 7.98. The molecule has 0 saturated heterocycles. The summed E-state index contributed by atoms with van der Waals surface area (Å²) >= 11 is 1.46. The highest BCUT2D eigenvalue weighted by atomic mass is 32.2. The minimum absolute atomic E-state index is 0.0411. The molecule has 4 rings (SSSR count). The molecule has 0 amide bonds. The van der Waals surface area contributed by atoms with Gasteiger partial charge in [-0.3, -0.25) is 9.36 Å². The minimum atomic E-state index is -0.0411. The van der Waals surface area contributed by atoms with Gasteiger partial charge >= 0.3 is 0 Å². The van der Waals surface area contributed by atoms with Gasteiger partial charge in [-0.2, -0.15) is 0 Å². The molecule has 28 heavy (non-hydrogen) atoms. The number of methoxy groups -OCH3 is 1. The van der Waals surface area contributed by atoms with Crippen LogP contribution in [0.5, 0.6) is 0 Å². The van der Waals surface area contributed by atoms with Gasteiger partial charge in [0.1, 0.15) is 0 Å². The number of ether oxygens (including phenoxy) is 1. The predicted octanol–water partition coefficient (Wildman–Crippen LogP) is 3.97. The Bertz CT molecular complexity index is 1120. The molecule has 0 atom stereocenters. The average molecular weight is 397 g/mol. The molecular formula is C20H19N3O4S. The van der Waals surface area contributed by atoms with Crippen LogP contribution < -0.4 is 5.56 Å². The quantitative estimate of drug-likeness (QED) is 0.253. The summed E-state index contributed by atoms with van der Waals surface area (Å²) in [6.07, 6.45) is 2.32. The number of aromatic nitrogens is 3. The molecule has 0 fully saturated rings. The van der Waals surface area contributed by atoms with Gasteiger partial charge in [-0.15, -0.1) is 0 Å². The molecule has 0 bridgehead atoms. The van der Waals surface area contributed by atoms with E-state index in [1.54, 1.807) is 30.1 Å². The monoisotopic (exact) mass is 397 g/mol. The Kier molecular flexibility index (Phi) is 5.59. The van der Waals surface area contributed by atoms with Crippen molar-refractivity contribution >= 4 is 22.7 Å². The van der Waals surface area contributed by atoms with Crippen molar-refractivity contribution in [1.82, 2.24) is 14.7 Å². The zero-order valence-corrected chi connectivity index (χ0v) is 16.1. The van der Waals surface area contributed by atoms with Gasteiger partial charge in [0.25, 0.3) is 5.56 Å². The maximum atomic E-state index is 12.9. The fourth-order valence-electron chi connectivity index (χ4n) is 2.88. The van der Waals surface area contributed by atoms with E-state index in [9.17, 15) is 4.79 Å².